The summed E-state index contributed by atoms with van der Waals surface area (Å²) in [5, 5.41) is 19.4. The van der Waals surface area contributed by atoms with Gasteiger partial charge in [0.2, 0.25) is 0 Å². The number of ether oxygens (including phenoxy) is 2. The van der Waals surface area contributed by atoms with Gasteiger partial charge < -0.3 is 19.6 Å². The zero-order chi connectivity index (χ0) is 19.2. The molecule has 0 spiro atoms. The zero-order valence-electron chi connectivity index (χ0n) is 14.0. The molecule has 2 aromatic carbocycles. The van der Waals surface area contributed by atoms with Crippen molar-refractivity contribution in [3.63, 3.8) is 0 Å². The lowest BCUT2D eigenvalue weighted by Gasteiger charge is -2.07. The summed E-state index contributed by atoms with van der Waals surface area (Å²) in [6.45, 7) is -0.774. The molecule has 0 amide bonds. The van der Waals surface area contributed by atoms with E-state index in [4.69, 9.17) is 9.47 Å². The van der Waals surface area contributed by atoms with E-state index in [9.17, 15) is 15.2 Å². The normalized spacial score (nSPS) is 11.6. The first-order valence-electron chi connectivity index (χ1n) is 7.88. The van der Waals surface area contributed by atoms with E-state index in [2.05, 4.69) is 25.9 Å². The summed E-state index contributed by atoms with van der Waals surface area (Å²) in [5.74, 6) is -0.354. The number of esters is 1. The first-order valence-corrected chi connectivity index (χ1v) is 8.67. The summed E-state index contributed by atoms with van der Waals surface area (Å²) < 4.78 is 11.1. The Morgan fingerprint density at radius 3 is 2.63 bits per heavy atom. The fraction of sp³-hybridized carbons (Fsp3) is 0.105. The first kappa shape index (κ1) is 18.5. The molecule has 1 aromatic heterocycles. The Hall–Kier alpha value is -3.31. The van der Waals surface area contributed by atoms with Crippen LogP contribution in [0.5, 0.6) is 5.75 Å². The second kappa shape index (κ2) is 8.38. The largest absolute Gasteiger partial charge is 0.507 e. The minimum absolute atomic E-state index is 0.0900. The molecule has 0 aliphatic heterocycles. The third-order valence-electron chi connectivity index (χ3n) is 3.57. The average molecular weight is 428 g/mol. The number of aliphatic hydroxyl groups excluding tert-OH is 1. The number of aromatic amines is 1. The number of aromatic nitrogens is 2. The lowest BCUT2D eigenvalue weighted by molar-refractivity contribution is -0.145. The van der Waals surface area contributed by atoms with Crippen LogP contribution < -0.4 is 4.74 Å². The van der Waals surface area contributed by atoms with Crippen LogP contribution in [0.25, 0.3) is 16.6 Å². The van der Waals surface area contributed by atoms with E-state index in [1.807, 2.05) is 18.2 Å². The van der Waals surface area contributed by atoms with Gasteiger partial charge in [-0.05, 0) is 36.4 Å². The number of nitriles is 1. The van der Waals surface area contributed by atoms with Crippen molar-refractivity contribution in [1.82, 2.24) is 9.97 Å². The molecule has 0 radical (unpaired) electrons. The van der Waals surface area contributed by atoms with Crippen LogP contribution in [0.2, 0.25) is 0 Å². The molecule has 0 atom stereocenters. The van der Waals surface area contributed by atoms with Gasteiger partial charge in [0.15, 0.2) is 18.2 Å². The van der Waals surface area contributed by atoms with Gasteiger partial charge in [-0.2, -0.15) is 5.26 Å². The van der Waals surface area contributed by atoms with Crippen LogP contribution in [-0.2, 0) is 9.53 Å². The van der Waals surface area contributed by atoms with Gasteiger partial charge >= 0.3 is 5.97 Å². The standard InChI is InChI=1S/C19H14BrN3O4/c20-12-5-7-13(8-6-12)26-11-18(25)27-10-17(24)14(9-21)19-22-15-3-1-2-4-16(15)23-19/h1-8,24H,10-11H2,(H,22,23). The molecule has 3 aromatic rings. The van der Waals surface area contributed by atoms with E-state index in [0.717, 1.165) is 9.99 Å². The number of carbonyl (C=O) groups excluding carboxylic acids is 1. The van der Waals surface area contributed by atoms with Crippen molar-refractivity contribution in [3.05, 3.63) is 64.6 Å². The summed E-state index contributed by atoms with van der Waals surface area (Å²) in [7, 11) is 0. The van der Waals surface area contributed by atoms with Gasteiger partial charge in [-0.3, -0.25) is 0 Å². The van der Waals surface area contributed by atoms with Crippen LogP contribution in [0.3, 0.4) is 0 Å². The van der Waals surface area contributed by atoms with Crippen LogP contribution in [0.4, 0.5) is 0 Å². The maximum absolute atomic E-state index is 11.8. The van der Waals surface area contributed by atoms with Crippen LogP contribution in [-0.4, -0.2) is 34.3 Å². The number of fused-ring (bicyclic) bond motifs is 1. The third kappa shape index (κ3) is 4.65. The SMILES string of the molecule is N#CC(=C(O)COC(=O)COc1ccc(Br)cc1)c1nc2ccccc2[nH]1. The molecule has 7 nitrogen and oxygen atoms in total. The third-order valence-corrected chi connectivity index (χ3v) is 4.10. The highest BCUT2D eigenvalue weighted by Crippen LogP contribution is 2.19. The number of H-pyrrole nitrogens is 1. The van der Waals surface area contributed by atoms with Gasteiger partial charge in [-0.1, -0.05) is 28.1 Å². The number of hydrogen-bond acceptors (Lipinski definition) is 6. The maximum Gasteiger partial charge on any atom is 0.344 e. The molecule has 8 heteroatoms. The molecule has 0 bridgehead atoms. The van der Waals surface area contributed by atoms with E-state index in [1.165, 1.54) is 0 Å². The Morgan fingerprint density at radius 2 is 1.93 bits per heavy atom. The van der Waals surface area contributed by atoms with Crippen molar-refractivity contribution in [3.8, 4) is 11.8 Å². The second-order valence-electron chi connectivity index (χ2n) is 5.44. The summed E-state index contributed by atoms with van der Waals surface area (Å²) in [6.07, 6.45) is 0. The number of carbonyl (C=O) groups is 1. The molecule has 136 valence electrons. The number of imidazole rings is 1. The molecular formula is C19H14BrN3O4. The second-order valence-corrected chi connectivity index (χ2v) is 6.36. The predicted molar refractivity (Wildman–Crippen MR) is 102 cm³/mol. The number of rotatable bonds is 6. The van der Waals surface area contributed by atoms with Crippen LogP contribution in [0, 0.1) is 11.3 Å². The fourth-order valence-electron chi connectivity index (χ4n) is 2.26. The van der Waals surface area contributed by atoms with E-state index >= 15 is 0 Å². The van der Waals surface area contributed by atoms with Crippen LogP contribution in [0.15, 0.2) is 58.8 Å². The Morgan fingerprint density at radius 1 is 1.19 bits per heavy atom. The molecule has 0 saturated heterocycles. The van der Waals surface area contributed by atoms with Crippen molar-refractivity contribution in [2.75, 3.05) is 13.2 Å². The maximum atomic E-state index is 11.8. The zero-order valence-corrected chi connectivity index (χ0v) is 15.6. The monoisotopic (exact) mass is 427 g/mol. The van der Waals surface area contributed by atoms with Crippen molar-refractivity contribution >= 4 is 38.5 Å². The predicted octanol–water partition coefficient (Wildman–Crippen LogP) is 3.74. The minimum atomic E-state index is -0.675. The van der Waals surface area contributed by atoms with Crippen molar-refractivity contribution < 1.29 is 19.4 Å². The van der Waals surface area contributed by atoms with Gasteiger partial charge in [0, 0.05) is 4.47 Å². The summed E-state index contributed by atoms with van der Waals surface area (Å²) >= 11 is 3.30. The molecule has 0 fully saturated rings. The first-order chi connectivity index (χ1) is 13.1. The Balaban J connectivity index is 1.61. The summed E-state index contributed by atoms with van der Waals surface area (Å²) in [6, 6.07) is 16.1. The van der Waals surface area contributed by atoms with Gasteiger partial charge in [0.05, 0.1) is 11.0 Å². The number of allylic oxidation sites excluding steroid dienone is 1. The highest BCUT2D eigenvalue weighted by molar-refractivity contribution is 9.10. The van der Waals surface area contributed by atoms with Gasteiger partial charge in [-0.25, -0.2) is 9.78 Å². The lowest BCUT2D eigenvalue weighted by Crippen LogP contribution is -2.16. The van der Waals surface area contributed by atoms with Gasteiger partial charge in [-0.15, -0.1) is 0 Å². The molecule has 1 heterocycles. The number of nitrogens with zero attached hydrogens (tertiary/aromatic N) is 2. The van der Waals surface area contributed by atoms with Crippen molar-refractivity contribution in [2.45, 2.75) is 0 Å². The number of hydrogen-bond donors (Lipinski definition) is 2. The van der Waals surface area contributed by atoms with Crippen molar-refractivity contribution in [1.29, 1.82) is 5.26 Å². The quantitative estimate of drug-likeness (QED) is 0.352. The highest BCUT2D eigenvalue weighted by atomic mass is 79.9. The molecule has 0 unspecified atom stereocenters. The smallest absolute Gasteiger partial charge is 0.344 e. The molecular weight excluding hydrogens is 414 g/mol. The fourth-order valence-corrected chi connectivity index (χ4v) is 2.53. The topological polar surface area (TPSA) is 108 Å². The molecule has 0 saturated carbocycles. The summed E-state index contributed by atoms with van der Waals surface area (Å²) in [4.78, 5) is 19.0. The van der Waals surface area contributed by atoms with E-state index in [1.54, 1.807) is 36.4 Å². The average Bonchev–Trinajstić information content (AvgIpc) is 3.10. The number of aliphatic hydroxyl groups is 1. The Bertz CT molecular complexity index is 1000. The number of halogens is 1. The Labute approximate surface area is 163 Å². The van der Waals surface area contributed by atoms with E-state index in [-0.39, 0.29) is 18.0 Å². The van der Waals surface area contributed by atoms with Crippen LogP contribution >= 0.6 is 15.9 Å². The highest BCUT2D eigenvalue weighted by Gasteiger charge is 2.15. The molecule has 27 heavy (non-hydrogen) atoms. The van der Waals surface area contributed by atoms with E-state index in [0.29, 0.717) is 11.3 Å². The number of para-hydroxylation sites is 2. The van der Waals surface area contributed by atoms with Gasteiger partial charge in [0.25, 0.3) is 0 Å². The van der Waals surface area contributed by atoms with Gasteiger partial charge in [0.1, 0.15) is 24.0 Å². The molecule has 0 aliphatic rings. The van der Waals surface area contributed by atoms with Crippen LogP contribution in [0.1, 0.15) is 5.82 Å². The number of nitrogens with one attached hydrogen (secondary N) is 1. The lowest BCUT2D eigenvalue weighted by atomic mass is 10.2. The molecule has 0 aliphatic carbocycles. The van der Waals surface area contributed by atoms with Crippen molar-refractivity contribution in [2.24, 2.45) is 0 Å². The molecule has 2 N–H and O–H groups in total. The minimum Gasteiger partial charge on any atom is -0.507 e. The summed E-state index contributed by atoms with van der Waals surface area (Å²) in [5.41, 5.74) is 1.30. The molecule has 3 rings (SSSR count). The van der Waals surface area contributed by atoms with E-state index < -0.39 is 18.3 Å². The number of benzene rings is 2. The Kier molecular flexibility index (Phi) is 5.74.